The van der Waals surface area contributed by atoms with Gasteiger partial charge in [0.05, 0.1) is 6.54 Å². The highest BCUT2D eigenvalue weighted by Gasteiger charge is 2.10. The zero-order chi connectivity index (χ0) is 10.3. The summed E-state index contributed by atoms with van der Waals surface area (Å²) in [7, 11) is 0. The molecule has 0 saturated carbocycles. The standard InChI is InChI=1S/C10H21NO2/c1-4-6-11(8-10(12)13)7-9(3)5-2/h9H,4-8H2,1-3H3,(H,12,13). The minimum absolute atomic E-state index is 0.179. The van der Waals surface area contributed by atoms with Gasteiger partial charge in [-0.25, -0.2) is 0 Å². The lowest BCUT2D eigenvalue weighted by molar-refractivity contribution is -0.138. The average molecular weight is 187 g/mol. The van der Waals surface area contributed by atoms with Crippen LogP contribution in [-0.4, -0.2) is 35.6 Å². The molecule has 0 bridgehead atoms. The number of aliphatic carboxylic acids is 1. The first-order valence-electron chi connectivity index (χ1n) is 5.04. The fourth-order valence-corrected chi connectivity index (χ4v) is 1.31. The maximum atomic E-state index is 10.5. The van der Waals surface area contributed by atoms with Gasteiger partial charge in [0.1, 0.15) is 0 Å². The molecule has 0 rings (SSSR count). The van der Waals surface area contributed by atoms with Crippen molar-refractivity contribution in [2.45, 2.75) is 33.6 Å². The predicted molar refractivity (Wildman–Crippen MR) is 53.8 cm³/mol. The van der Waals surface area contributed by atoms with Crippen molar-refractivity contribution in [3.63, 3.8) is 0 Å². The first kappa shape index (κ1) is 12.4. The molecule has 0 spiro atoms. The zero-order valence-electron chi connectivity index (χ0n) is 8.92. The number of hydrogen-bond acceptors (Lipinski definition) is 2. The van der Waals surface area contributed by atoms with Crippen molar-refractivity contribution in [1.82, 2.24) is 4.90 Å². The molecule has 0 radical (unpaired) electrons. The number of nitrogens with zero attached hydrogens (tertiary/aromatic N) is 1. The summed E-state index contributed by atoms with van der Waals surface area (Å²) in [6, 6.07) is 0. The molecule has 13 heavy (non-hydrogen) atoms. The molecule has 0 aromatic carbocycles. The van der Waals surface area contributed by atoms with Crippen LogP contribution in [0.4, 0.5) is 0 Å². The topological polar surface area (TPSA) is 40.5 Å². The lowest BCUT2D eigenvalue weighted by Crippen LogP contribution is -2.34. The van der Waals surface area contributed by atoms with E-state index < -0.39 is 5.97 Å². The van der Waals surface area contributed by atoms with E-state index in [-0.39, 0.29) is 6.54 Å². The van der Waals surface area contributed by atoms with E-state index in [2.05, 4.69) is 20.8 Å². The van der Waals surface area contributed by atoms with Crippen LogP contribution in [0, 0.1) is 5.92 Å². The third-order valence-electron chi connectivity index (χ3n) is 2.17. The summed E-state index contributed by atoms with van der Waals surface area (Å²) in [4.78, 5) is 12.5. The Morgan fingerprint density at radius 2 is 2.08 bits per heavy atom. The predicted octanol–water partition coefficient (Wildman–Crippen LogP) is 1.83. The van der Waals surface area contributed by atoms with Crippen LogP contribution in [-0.2, 0) is 4.79 Å². The Labute approximate surface area is 80.7 Å². The Morgan fingerprint density at radius 1 is 1.46 bits per heavy atom. The van der Waals surface area contributed by atoms with Crippen LogP contribution in [0.15, 0.2) is 0 Å². The van der Waals surface area contributed by atoms with Gasteiger partial charge < -0.3 is 5.11 Å². The summed E-state index contributed by atoms with van der Waals surface area (Å²) in [5.41, 5.74) is 0. The van der Waals surface area contributed by atoms with Gasteiger partial charge in [-0.05, 0) is 18.9 Å². The van der Waals surface area contributed by atoms with E-state index >= 15 is 0 Å². The minimum Gasteiger partial charge on any atom is -0.480 e. The normalized spacial score (nSPS) is 13.2. The number of rotatable bonds is 7. The SMILES string of the molecule is CCCN(CC(=O)O)CC(C)CC. The van der Waals surface area contributed by atoms with E-state index in [0.717, 1.165) is 25.9 Å². The Hall–Kier alpha value is -0.570. The second kappa shape index (κ2) is 6.89. The Morgan fingerprint density at radius 3 is 2.46 bits per heavy atom. The number of carboxylic acids is 1. The fourth-order valence-electron chi connectivity index (χ4n) is 1.31. The average Bonchev–Trinajstić information content (AvgIpc) is 2.03. The van der Waals surface area contributed by atoms with E-state index in [4.69, 9.17) is 5.11 Å². The summed E-state index contributed by atoms with van der Waals surface area (Å²) < 4.78 is 0. The molecule has 0 aromatic rings. The van der Waals surface area contributed by atoms with Gasteiger partial charge in [-0.2, -0.15) is 0 Å². The molecule has 0 aliphatic heterocycles. The molecule has 78 valence electrons. The molecule has 0 amide bonds. The molecule has 0 fully saturated rings. The summed E-state index contributed by atoms with van der Waals surface area (Å²) in [5.74, 6) is -0.136. The Balaban J connectivity index is 3.85. The third-order valence-corrected chi connectivity index (χ3v) is 2.17. The van der Waals surface area contributed by atoms with Crippen molar-refractivity contribution in [2.24, 2.45) is 5.92 Å². The molecule has 1 N–H and O–H groups in total. The highest BCUT2D eigenvalue weighted by Crippen LogP contribution is 2.04. The molecule has 1 unspecified atom stereocenters. The van der Waals surface area contributed by atoms with Gasteiger partial charge in [-0.1, -0.05) is 27.2 Å². The summed E-state index contributed by atoms with van der Waals surface area (Å²) in [6.45, 7) is 8.33. The van der Waals surface area contributed by atoms with Gasteiger partial charge in [0.15, 0.2) is 0 Å². The van der Waals surface area contributed by atoms with Gasteiger partial charge in [0.25, 0.3) is 0 Å². The van der Waals surface area contributed by atoms with E-state index in [1.54, 1.807) is 0 Å². The highest BCUT2D eigenvalue weighted by molar-refractivity contribution is 5.69. The van der Waals surface area contributed by atoms with Crippen LogP contribution in [0.3, 0.4) is 0 Å². The van der Waals surface area contributed by atoms with E-state index in [0.29, 0.717) is 5.92 Å². The van der Waals surface area contributed by atoms with Crippen LogP contribution in [0.5, 0.6) is 0 Å². The van der Waals surface area contributed by atoms with Crippen LogP contribution < -0.4 is 0 Å². The molecular weight excluding hydrogens is 166 g/mol. The maximum absolute atomic E-state index is 10.5. The van der Waals surface area contributed by atoms with Crippen LogP contribution in [0.1, 0.15) is 33.6 Å². The quantitative estimate of drug-likeness (QED) is 0.661. The monoisotopic (exact) mass is 187 g/mol. The second-order valence-electron chi connectivity index (χ2n) is 3.64. The van der Waals surface area contributed by atoms with Gasteiger partial charge in [-0.3, -0.25) is 9.69 Å². The number of carbonyl (C=O) groups is 1. The molecule has 0 aliphatic rings. The van der Waals surface area contributed by atoms with Crippen LogP contribution in [0.2, 0.25) is 0 Å². The number of carboxylic acid groups (broad SMARTS) is 1. The van der Waals surface area contributed by atoms with Gasteiger partial charge in [-0.15, -0.1) is 0 Å². The first-order valence-corrected chi connectivity index (χ1v) is 5.04. The van der Waals surface area contributed by atoms with Gasteiger partial charge in [0, 0.05) is 6.54 Å². The van der Waals surface area contributed by atoms with Crippen molar-refractivity contribution in [3.8, 4) is 0 Å². The molecular formula is C10H21NO2. The largest absolute Gasteiger partial charge is 0.480 e. The van der Waals surface area contributed by atoms with Crippen molar-refractivity contribution in [1.29, 1.82) is 0 Å². The van der Waals surface area contributed by atoms with Crippen molar-refractivity contribution in [3.05, 3.63) is 0 Å². The molecule has 0 saturated heterocycles. The zero-order valence-corrected chi connectivity index (χ0v) is 8.92. The summed E-state index contributed by atoms with van der Waals surface area (Å²) >= 11 is 0. The second-order valence-corrected chi connectivity index (χ2v) is 3.64. The molecule has 1 atom stereocenters. The Bertz CT molecular complexity index is 148. The van der Waals surface area contributed by atoms with Gasteiger partial charge >= 0.3 is 5.97 Å². The Kier molecular flexibility index (Phi) is 6.59. The third kappa shape index (κ3) is 6.58. The van der Waals surface area contributed by atoms with E-state index in [1.807, 2.05) is 4.90 Å². The van der Waals surface area contributed by atoms with E-state index in [1.165, 1.54) is 0 Å². The van der Waals surface area contributed by atoms with Crippen LogP contribution >= 0.6 is 0 Å². The molecule has 0 heterocycles. The summed E-state index contributed by atoms with van der Waals surface area (Å²) in [6.07, 6.45) is 2.13. The lowest BCUT2D eigenvalue weighted by Gasteiger charge is -2.22. The van der Waals surface area contributed by atoms with Crippen LogP contribution in [0.25, 0.3) is 0 Å². The smallest absolute Gasteiger partial charge is 0.317 e. The fraction of sp³-hybridized carbons (Fsp3) is 0.900. The number of hydrogen-bond donors (Lipinski definition) is 1. The van der Waals surface area contributed by atoms with Crippen molar-refractivity contribution < 1.29 is 9.90 Å². The first-order chi connectivity index (χ1) is 6.10. The van der Waals surface area contributed by atoms with E-state index in [9.17, 15) is 4.79 Å². The highest BCUT2D eigenvalue weighted by atomic mass is 16.4. The summed E-state index contributed by atoms with van der Waals surface area (Å²) in [5, 5.41) is 8.65. The van der Waals surface area contributed by atoms with Crippen molar-refractivity contribution >= 4 is 5.97 Å². The molecule has 3 nitrogen and oxygen atoms in total. The van der Waals surface area contributed by atoms with Crippen molar-refractivity contribution in [2.75, 3.05) is 19.6 Å². The molecule has 3 heteroatoms. The minimum atomic E-state index is -0.725. The molecule has 0 aromatic heterocycles. The molecule has 0 aliphatic carbocycles. The van der Waals surface area contributed by atoms with Gasteiger partial charge in [0.2, 0.25) is 0 Å². The maximum Gasteiger partial charge on any atom is 0.317 e. The lowest BCUT2D eigenvalue weighted by atomic mass is 10.1.